The molecule has 2 N–H and O–H groups in total. The number of nitrogens with zero attached hydrogens (tertiary/aromatic N) is 2. The first-order chi connectivity index (χ1) is 12.2. The van der Waals surface area contributed by atoms with Crippen LogP contribution in [0.15, 0.2) is 29.2 Å². The number of alkyl halides is 2. The molecule has 7 nitrogen and oxygen atoms in total. The van der Waals surface area contributed by atoms with Crippen molar-refractivity contribution >= 4 is 10.0 Å². The van der Waals surface area contributed by atoms with Crippen LogP contribution >= 0.6 is 0 Å². The highest BCUT2D eigenvalue weighted by molar-refractivity contribution is 7.89. The van der Waals surface area contributed by atoms with Crippen LogP contribution in [0.3, 0.4) is 0 Å². The zero-order chi connectivity index (χ0) is 18.9. The van der Waals surface area contributed by atoms with Gasteiger partial charge in [-0.15, -0.1) is 0 Å². The van der Waals surface area contributed by atoms with Gasteiger partial charge in [-0.2, -0.15) is 5.26 Å². The Kier molecular flexibility index (Phi) is 5.28. The fourth-order valence-electron chi connectivity index (χ4n) is 3.17. The minimum atomic E-state index is -3.95. The van der Waals surface area contributed by atoms with Crippen LogP contribution in [0.5, 0.6) is 0 Å². The summed E-state index contributed by atoms with van der Waals surface area (Å²) in [5.74, 6) is -2.74. The largest absolute Gasteiger partial charge is 0.389 e. The number of sulfonamides is 1. The van der Waals surface area contributed by atoms with E-state index in [9.17, 15) is 22.3 Å². The van der Waals surface area contributed by atoms with Crippen LogP contribution in [0.2, 0.25) is 0 Å². The first-order valence-corrected chi connectivity index (χ1v) is 9.61. The molecule has 0 aliphatic carbocycles. The molecule has 0 bridgehead atoms. The van der Waals surface area contributed by atoms with E-state index in [0.717, 1.165) is 0 Å². The number of hydrogen-bond acceptors (Lipinski definition) is 6. The number of aliphatic hydroxyl groups excluding tert-OH is 1. The maximum absolute atomic E-state index is 13.3. The van der Waals surface area contributed by atoms with E-state index in [1.807, 2.05) is 6.07 Å². The number of likely N-dealkylation sites (tertiary alicyclic amines) is 1. The van der Waals surface area contributed by atoms with Crippen molar-refractivity contribution in [1.82, 2.24) is 9.62 Å². The second-order valence-electron chi connectivity index (χ2n) is 6.57. The molecule has 2 heterocycles. The highest BCUT2D eigenvalue weighted by atomic mass is 32.2. The molecule has 0 unspecified atom stereocenters. The Balaban J connectivity index is 1.63. The summed E-state index contributed by atoms with van der Waals surface area (Å²) in [4.78, 5) is 1.41. The number of rotatable bonds is 5. The number of hydrogen-bond donors (Lipinski definition) is 2. The van der Waals surface area contributed by atoms with Crippen molar-refractivity contribution in [2.24, 2.45) is 0 Å². The molecule has 2 fully saturated rings. The molecular formula is C16H19F2N3O4S. The van der Waals surface area contributed by atoms with Crippen LogP contribution in [0.4, 0.5) is 8.78 Å². The Bertz CT molecular complexity index is 812. The van der Waals surface area contributed by atoms with Crippen LogP contribution < -0.4 is 4.72 Å². The zero-order valence-electron chi connectivity index (χ0n) is 13.8. The summed E-state index contributed by atoms with van der Waals surface area (Å²) < 4.78 is 59.2. The predicted molar refractivity (Wildman–Crippen MR) is 87.0 cm³/mol. The van der Waals surface area contributed by atoms with Crippen LogP contribution in [-0.2, 0) is 14.8 Å². The Morgan fingerprint density at radius 1 is 1.46 bits per heavy atom. The minimum absolute atomic E-state index is 0.0623. The van der Waals surface area contributed by atoms with Crippen molar-refractivity contribution in [2.45, 2.75) is 35.5 Å². The van der Waals surface area contributed by atoms with Crippen LogP contribution in [0, 0.1) is 11.3 Å². The van der Waals surface area contributed by atoms with Crippen molar-refractivity contribution in [1.29, 1.82) is 5.26 Å². The molecule has 2 aliphatic rings. The lowest BCUT2D eigenvalue weighted by molar-refractivity contribution is -0.00722. The van der Waals surface area contributed by atoms with Gasteiger partial charge >= 0.3 is 0 Å². The number of ether oxygens (including phenoxy) is 1. The van der Waals surface area contributed by atoms with Crippen LogP contribution in [0.1, 0.15) is 12.0 Å². The topological polar surface area (TPSA) is 103 Å². The maximum atomic E-state index is 13.3. The number of aliphatic hydroxyl groups is 1. The van der Waals surface area contributed by atoms with Crippen molar-refractivity contribution in [3.8, 4) is 6.07 Å². The summed E-state index contributed by atoms with van der Waals surface area (Å²) >= 11 is 0. The summed E-state index contributed by atoms with van der Waals surface area (Å²) in [6.45, 7) is -0.139. The summed E-state index contributed by atoms with van der Waals surface area (Å²) in [5, 5.41) is 19.2. The highest BCUT2D eigenvalue weighted by Crippen LogP contribution is 2.28. The average Bonchev–Trinajstić information content (AvgIpc) is 3.11. The second kappa shape index (κ2) is 7.17. The molecule has 3 atom stereocenters. The molecule has 26 heavy (non-hydrogen) atoms. The molecular weight excluding hydrogens is 368 g/mol. The lowest BCUT2D eigenvalue weighted by Gasteiger charge is -2.23. The van der Waals surface area contributed by atoms with Gasteiger partial charge in [0.2, 0.25) is 10.0 Å². The van der Waals surface area contributed by atoms with E-state index < -0.39 is 40.7 Å². The van der Waals surface area contributed by atoms with Gasteiger partial charge in [0.1, 0.15) is 0 Å². The molecule has 0 radical (unpaired) electrons. The lowest BCUT2D eigenvalue weighted by atomic mass is 10.1. The smallest absolute Gasteiger partial charge is 0.261 e. The van der Waals surface area contributed by atoms with Gasteiger partial charge in [-0.1, -0.05) is 6.07 Å². The fourth-order valence-corrected chi connectivity index (χ4v) is 4.45. The molecule has 2 saturated heterocycles. The monoisotopic (exact) mass is 387 g/mol. The van der Waals surface area contributed by atoms with Gasteiger partial charge in [0.05, 0.1) is 47.9 Å². The quantitative estimate of drug-likeness (QED) is 0.754. The fraction of sp³-hybridized carbons (Fsp3) is 0.562. The van der Waals surface area contributed by atoms with Crippen molar-refractivity contribution in [3.05, 3.63) is 29.8 Å². The zero-order valence-corrected chi connectivity index (χ0v) is 14.6. The third kappa shape index (κ3) is 4.19. The normalized spacial score (nSPS) is 28.9. The van der Waals surface area contributed by atoms with E-state index in [4.69, 9.17) is 10.00 Å². The summed E-state index contributed by atoms with van der Waals surface area (Å²) in [6.07, 6.45) is -2.14. The average molecular weight is 387 g/mol. The molecule has 142 valence electrons. The number of halogens is 2. The van der Waals surface area contributed by atoms with Crippen LogP contribution in [-0.4, -0.2) is 68.8 Å². The van der Waals surface area contributed by atoms with E-state index in [1.54, 1.807) is 0 Å². The molecule has 0 aromatic heterocycles. The number of nitrogens with one attached hydrogen (secondary N) is 1. The van der Waals surface area contributed by atoms with Crippen molar-refractivity contribution in [3.63, 3.8) is 0 Å². The van der Waals surface area contributed by atoms with E-state index in [0.29, 0.717) is 0 Å². The van der Waals surface area contributed by atoms with Gasteiger partial charge in [-0.25, -0.2) is 21.9 Å². The van der Waals surface area contributed by atoms with Crippen LogP contribution in [0.25, 0.3) is 0 Å². The van der Waals surface area contributed by atoms with E-state index in [-0.39, 0.29) is 36.6 Å². The number of nitriles is 1. The van der Waals surface area contributed by atoms with Gasteiger partial charge in [-0.05, 0) is 18.2 Å². The Morgan fingerprint density at radius 2 is 2.23 bits per heavy atom. The van der Waals surface area contributed by atoms with Gasteiger partial charge in [0, 0.05) is 19.5 Å². The van der Waals surface area contributed by atoms with E-state index in [2.05, 4.69) is 4.72 Å². The molecule has 0 amide bonds. The molecule has 1 aromatic rings. The third-order valence-electron chi connectivity index (χ3n) is 4.55. The highest BCUT2D eigenvalue weighted by Gasteiger charge is 2.43. The maximum Gasteiger partial charge on any atom is 0.261 e. The first kappa shape index (κ1) is 19.1. The molecule has 1 aromatic carbocycles. The second-order valence-corrected chi connectivity index (χ2v) is 8.28. The van der Waals surface area contributed by atoms with E-state index >= 15 is 0 Å². The standard InChI is InChI=1S/C16H19F2N3O4S/c17-16(18)4-5-21(10-16)8-14-15(22)13(9-25-14)20-26(23,24)12-3-1-2-11(6-12)7-19/h1-3,6,13-15,20,22H,4-5,8-10H2/t13-,14-,15+/m0/s1. The van der Waals surface area contributed by atoms with Gasteiger partial charge < -0.3 is 9.84 Å². The molecule has 2 aliphatic heterocycles. The van der Waals surface area contributed by atoms with Crippen molar-refractivity contribution in [2.75, 3.05) is 26.2 Å². The van der Waals surface area contributed by atoms with Gasteiger partial charge in [0.15, 0.2) is 0 Å². The van der Waals surface area contributed by atoms with Gasteiger partial charge in [-0.3, -0.25) is 4.90 Å². The Morgan fingerprint density at radius 3 is 2.88 bits per heavy atom. The summed E-state index contributed by atoms with van der Waals surface area (Å²) in [7, 11) is -3.95. The SMILES string of the molecule is N#Cc1cccc(S(=O)(=O)N[C@H]2CO[C@@H](CN3CCC(F)(F)C3)[C@@H]2O)c1. The Labute approximate surface area is 150 Å². The summed E-state index contributed by atoms with van der Waals surface area (Å²) in [5.41, 5.74) is 0.198. The van der Waals surface area contributed by atoms with Crippen molar-refractivity contribution < 1.29 is 27.0 Å². The number of benzene rings is 1. The van der Waals surface area contributed by atoms with Gasteiger partial charge in [0.25, 0.3) is 5.92 Å². The third-order valence-corrected chi connectivity index (χ3v) is 6.04. The molecule has 0 spiro atoms. The lowest BCUT2D eigenvalue weighted by Crippen LogP contribution is -2.46. The first-order valence-electron chi connectivity index (χ1n) is 8.12. The summed E-state index contributed by atoms with van der Waals surface area (Å²) in [6, 6.07) is 6.48. The molecule has 0 saturated carbocycles. The minimum Gasteiger partial charge on any atom is -0.389 e. The molecule has 3 rings (SSSR count). The predicted octanol–water partition coefficient (Wildman–Crippen LogP) is 0.306. The molecule has 10 heteroatoms. The Hall–Kier alpha value is -1.64. The van der Waals surface area contributed by atoms with E-state index in [1.165, 1.54) is 29.2 Å².